The lowest BCUT2D eigenvalue weighted by Crippen LogP contribution is -2.12. The van der Waals surface area contributed by atoms with E-state index in [2.05, 4.69) is 0 Å². The third kappa shape index (κ3) is 1.28. The van der Waals surface area contributed by atoms with E-state index in [0.717, 1.165) is 12.8 Å². The zero-order chi connectivity index (χ0) is 10.3. The van der Waals surface area contributed by atoms with Crippen molar-refractivity contribution >= 4 is 0 Å². The molecule has 54 valence electrons. The van der Waals surface area contributed by atoms with Gasteiger partial charge >= 0.3 is 0 Å². The van der Waals surface area contributed by atoms with Crippen molar-refractivity contribution in [1.29, 1.82) is 0 Å². The lowest BCUT2D eigenvalue weighted by Gasteiger charge is -2.24. The Morgan fingerprint density at radius 1 is 1.22 bits per heavy atom. The smallest absolute Gasteiger partial charge is 0.0269 e. The maximum absolute atomic E-state index is 7.76. The summed E-state index contributed by atoms with van der Waals surface area (Å²) in [7, 11) is 0. The molecule has 9 heavy (non-hydrogen) atoms. The fourth-order valence-corrected chi connectivity index (χ4v) is 1.60. The fraction of sp³-hybridized carbons (Fsp3) is 1.00. The average Bonchev–Trinajstić information content (AvgIpc) is 2.28. The molecular formula is C9H18. The molecule has 0 heterocycles. The van der Waals surface area contributed by atoms with Gasteiger partial charge in [0.25, 0.3) is 0 Å². The summed E-state index contributed by atoms with van der Waals surface area (Å²) in [6.45, 7) is 3.03. The Hall–Kier alpha value is 0. The maximum Gasteiger partial charge on any atom is 0.0269 e. The minimum atomic E-state index is -1.41. The summed E-state index contributed by atoms with van der Waals surface area (Å²) in [4.78, 5) is 0. The normalized spacial score (nSPS) is 34.4. The molecule has 0 atom stereocenters. The van der Waals surface area contributed by atoms with E-state index < -0.39 is 18.2 Å². The summed E-state index contributed by atoms with van der Waals surface area (Å²) < 4.78 is 31.0. The van der Waals surface area contributed by atoms with Gasteiger partial charge in [-0.2, -0.15) is 0 Å². The van der Waals surface area contributed by atoms with Gasteiger partial charge in [-0.15, -0.1) is 0 Å². The molecule has 0 bridgehead atoms. The van der Waals surface area contributed by atoms with Crippen LogP contribution in [0.5, 0.6) is 0 Å². The van der Waals surface area contributed by atoms with Crippen LogP contribution in [0.1, 0.15) is 57.8 Å². The van der Waals surface area contributed by atoms with Crippen LogP contribution < -0.4 is 0 Å². The first kappa shape index (κ1) is 3.41. The summed E-state index contributed by atoms with van der Waals surface area (Å²) in [5.74, 6) is 0. The quantitative estimate of drug-likeness (QED) is 0.537. The molecule has 0 saturated heterocycles. The Morgan fingerprint density at radius 3 is 1.89 bits per heavy atom. The lowest BCUT2D eigenvalue weighted by atomic mass is 9.81. The Bertz CT molecular complexity index is 165. The molecule has 0 aromatic rings. The van der Waals surface area contributed by atoms with Gasteiger partial charge < -0.3 is 0 Å². The van der Waals surface area contributed by atoms with E-state index in [0.29, 0.717) is 12.8 Å². The zero-order valence-electron chi connectivity index (χ0n) is 10.3. The Kier molecular flexibility index (Phi) is 1.03. The van der Waals surface area contributed by atoms with Gasteiger partial charge in [0.15, 0.2) is 0 Å². The average molecular weight is 130 g/mol. The minimum absolute atomic E-state index is 0.681. The molecule has 1 aliphatic rings. The molecule has 0 amide bonds. The SMILES string of the molecule is [2H]C([2H])(C)C1(C([2H])([2H])C)CCCC1. The number of hydrogen-bond acceptors (Lipinski definition) is 0. The minimum Gasteiger partial charge on any atom is -0.0649 e. The van der Waals surface area contributed by atoms with Crippen molar-refractivity contribution in [2.45, 2.75) is 52.3 Å². The largest absolute Gasteiger partial charge is 0.0649 e. The number of rotatable bonds is 2. The van der Waals surface area contributed by atoms with Gasteiger partial charge in [0.2, 0.25) is 0 Å². The molecule has 0 unspecified atom stereocenters. The van der Waals surface area contributed by atoms with Gasteiger partial charge in [0.05, 0.1) is 0 Å². The van der Waals surface area contributed by atoms with Gasteiger partial charge in [-0.25, -0.2) is 0 Å². The van der Waals surface area contributed by atoms with E-state index >= 15 is 0 Å². The van der Waals surface area contributed by atoms with Gasteiger partial charge in [0.1, 0.15) is 0 Å². The second kappa shape index (κ2) is 2.72. The van der Waals surface area contributed by atoms with Crippen LogP contribution in [0.2, 0.25) is 0 Å². The first-order valence-corrected chi connectivity index (χ1v) is 3.71. The molecule has 0 aliphatic heterocycles. The second-order valence-corrected chi connectivity index (χ2v) is 2.79. The molecule has 1 fully saturated rings. The summed E-state index contributed by atoms with van der Waals surface area (Å²) >= 11 is 0. The van der Waals surface area contributed by atoms with E-state index in [1.54, 1.807) is 0 Å². The van der Waals surface area contributed by atoms with E-state index in [-0.39, 0.29) is 0 Å². The highest BCUT2D eigenvalue weighted by Gasteiger charge is 2.29. The van der Waals surface area contributed by atoms with E-state index in [9.17, 15) is 0 Å². The highest BCUT2D eigenvalue weighted by Crippen LogP contribution is 2.43. The highest BCUT2D eigenvalue weighted by atomic mass is 14.3. The summed E-state index contributed by atoms with van der Waals surface area (Å²) in [6, 6.07) is 0. The van der Waals surface area contributed by atoms with Gasteiger partial charge in [-0.3, -0.25) is 0 Å². The van der Waals surface area contributed by atoms with Crippen molar-refractivity contribution in [1.82, 2.24) is 0 Å². The standard InChI is InChI=1S/C9H18/c1-3-9(4-2)7-5-6-8-9/h3-8H2,1-2H3/i3D2,4D2. The first-order chi connectivity index (χ1) is 5.71. The summed E-state index contributed by atoms with van der Waals surface area (Å²) in [6.07, 6.45) is 0.449. The van der Waals surface area contributed by atoms with Gasteiger partial charge in [-0.1, -0.05) is 39.4 Å². The topological polar surface area (TPSA) is 0 Å². The van der Waals surface area contributed by atoms with Crippen molar-refractivity contribution in [2.24, 2.45) is 5.41 Å². The van der Waals surface area contributed by atoms with Crippen molar-refractivity contribution in [3.8, 4) is 0 Å². The first-order valence-electron chi connectivity index (χ1n) is 5.71. The molecule has 0 nitrogen and oxygen atoms in total. The monoisotopic (exact) mass is 130 g/mol. The van der Waals surface area contributed by atoms with Gasteiger partial charge in [-0.05, 0) is 18.3 Å². The molecule has 0 N–H and O–H groups in total. The number of hydrogen-bond donors (Lipinski definition) is 0. The predicted octanol–water partition coefficient (Wildman–Crippen LogP) is 3.37. The molecule has 0 heteroatoms. The fourth-order valence-electron chi connectivity index (χ4n) is 1.60. The van der Waals surface area contributed by atoms with E-state index in [1.165, 1.54) is 13.8 Å². The van der Waals surface area contributed by atoms with Crippen LogP contribution in [0.15, 0.2) is 0 Å². The molecule has 1 rings (SSSR count). The van der Waals surface area contributed by atoms with Crippen LogP contribution in [0.25, 0.3) is 0 Å². The van der Waals surface area contributed by atoms with Crippen LogP contribution in [0.4, 0.5) is 0 Å². The van der Waals surface area contributed by atoms with Crippen molar-refractivity contribution in [3.05, 3.63) is 0 Å². The third-order valence-electron chi connectivity index (χ3n) is 2.41. The summed E-state index contributed by atoms with van der Waals surface area (Å²) in [5.41, 5.74) is -0.764. The Balaban J connectivity index is 3.02. The third-order valence-corrected chi connectivity index (χ3v) is 2.41. The predicted molar refractivity (Wildman–Crippen MR) is 41.5 cm³/mol. The molecule has 0 aromatic carbocycles. The second-order valence-electron chi connectivity index (χ2n) is 2.79. The van der Waals surface area contributed by atoms with Crippen LogP contribution in [0, 0.1) is 5.41 Å². The maximum atomic E-state index is 7.76. The van der Waals surface area contributed by atoms with Crippen LogP contribution >= 0.6 is 0 Å². The Morgan fingerprint density at radius 2 is 1.67 bits per heavy atom. The molecular weight excluding hydrogens is 108 g/mol. The van der Waals surface area contributed by atoms with E-state index in [4.69, 9.17) is 5.48 Å². The lowest BCUT2D eigenvalue weighted by molar-refractivity contribution is 0.273. The molecule has 1 aliphatic carbocycles. The molecule has 0 aromatic heterocycles. The van der Waals surface area contributed by atoms with Gasteiger partial charge in [0, 0.05) is 5.48 Å². The van der Waals surface area contributed by atoms with E-state index in [1.807, 2.05) is 0 Å². The van der Waals surface area contributed by atoms with Crippen molar-refractivity contribution in [3.63, 3.8) is 0 Å². The molecule has 0 spiro atoms. The van der Waals surface area contributed by atoms with Crippen molar-refractivity contribution in [2.75, 3.05) is 0 Å². The van der Waals surface area contributed by atoms with Crippen LogP contribution in [-0.4, -0.2) is 0 Å². The Labute approximate surface area is 64.3 Å². The zero-order valence-corrected chi connectivity index (χ0v) is 6.33. The molecule has 0 radical (unpaired) electrons. The molecule has 1 saturated carbocycles. The van der Waals surface area contributed by atoms with Crippen LogP contribution in [0.3, 0.4) is 0 Å². The highest BCUT2D eigenvalue weighted by molar-refractivity contribution is 4.81. The summed E-state index contributed by atoms with van der Waals surface area (Å²) in [5, 5.41) is 0. The van der Waals surface area contributed by atoms with Crippen molar-refractivity contribution < 1.29 is 5.48 Å². The van der Waals surface area contributed by atoms with Crippen LogP contribution in [-0.2, 0) is 0 Å².